The standard InChI is InChI=1S/C22H28Cl2N2O6.C4H6O6/c1-4-32-22(28)19-16(12-31-11-10-30-9-8-25)26-13(2)17(21(27)29-3)18(19)14-6-5-7-15(23)20(14)24;5-1(3(7)8)2(6)4(9)10/h5-7,18,26H,4,8-12,25H2,1-3H3;1-2,5-6H,(H,7,8)(H,9,10). The van der Waals surface area contributed by atoms with E-state index in [2.05, 4.69) is 5.32 Å². The maximum Gasteiger partial charge on any atom is 0.336 e. The molecule has 14 nitrogen and oxygen atoms in total. The van der Waals surface area contributed by atoms with E-state index < -0.39 is 42.0 Å². The van der Waals surface area contributed by atoms with Crippen molar-refractivity contribution in [2.45, 2.75) is 32.0 Å². The number of hydrogen-bond donors (Lipinski definition) is 6. The summed E-state index contributed by atoms with van der Waals surface area (Å²) in [6.07, 6.45) is -4.53. The van der Waals surface area contributed by atoms with Crippen LogP contribution in [0.4, 0.5) is 0 Å². The predicted molar refractivity (Wildman–Crippen MR) is 149 cm³/mol. The number of allylic oxidation sites excluding steroid dienone is 1. The average molecular weight is 637 g/mol. The molecule has 0 saturated heterocycles. The Hall–Kier alpha value is -3.24. The topological polar surface area (TPSA) is 224 Å². The molecule has 0 radical (unpaired) electrons. The quantitative estimate of drug-likeness (QED) is 0.123. The SMILES string of the molecule is CCOC(=O)C1=C(COCCOCCN)NC(C)=C(C(=O)OC)C1c1cccc(Cl)c1Cl.O=C(O)C(O)C(O)C(=O)O. The van der Waals surface area contributed by atoms with Crippen LogP contribution >= 0.6 is 23.2 Å². The highest BCUT2D eigenvalue weighted by atomic mass is 35.5. The van der Waals surface area contributed by atoms with Crippen molar-refractivity contribution < 1.29 is 58.6 Å². The minimum absolute atomic E-state index is 0.0562. The molecule has 234 valence electrons. The highest BCUT2D eigenvalue weighted by molar-refractivity contribution is 6.42. The lowest BCUT2D eigenvalue weighted by atomic mass is 9.80. The van der Waals surface area contributed by atoms with Crippen LogP contribution < -0.4 is 11.1 Å². The molecule has 2 rings (SSSR count). The Balaban J connectivity index is 0.000000752. The van der Waals surface area contributed by atoms with Crippen molar-refractivity contribution in [1.29, 1.82) is 0 Å². The van der Waals surface area contributed by atoms with Crippen LogP contribution in [0.25, 0.3) is 0 Å². The van der Waals surface area contributed by atoms with Gasteiger partial charge in [0.1, 0.15) is 0 Å². The lowest BCUT2D eigenvalue weighted by Crippen LogP contribution is -2.39. The van der Waals surface area contributed by atoms with E-state index in [1.807, 2.05) is 0 Å². The lowest BCUT2D eigenvalue weighted by molar-refractivity contribution is -0.165. The number of benzene rings is 1. The van der Waals surface area contributed by atoms with Gasteiger partial charge in [0.15, 0.2) is 12.2 Å². The number of nitrogens with two attached hydrogens (primary N) is 1. The molecule has 0 aliphatic carbocycles. The highest BCUT2D eigenvalue weighted by Crippen LogP contribution is 2.43. The highest BCUT2D eigenvalue weighted by Gasteiger charge is 2.40. The smallest absolute Gasteiger partial charge is 0.336 e. The zero-order valence-corrected chi connectivity index (χ0v) is 24.6. The molecule has 0 amide bonds. The molecular weight excluding hydrogens is 603 g/mol. The molecule has 1 aromatic carbocycles. The number of dihydropyridines is 1. The molecule has 0 fully saturated rings. The van der Waals surface area contributed by atoms with Gasteiger partial charge in [-0.05, 0) is 25.5 Å². The first-order valence-corrected chi connectivity index (χ1v) is 13.2. The van der Waals surface area contributed by atoms with E-state index in [0.717, 1.165) is 0 Å². The summed E-state index contributed by atoms with van der Waals surface area (Å²) < 4.78 is 21.3. The molecule has 1 aliphatic heterocycles. The summed E-state index contributed by atoms with van der Waals surface area (Å²) in [5, 5.41) is 36.2. The van der Waals surface area contributed by atoms with Gasteiger partial charge in [0.05, 0.1) is 73.0 Å². The van der Waals surface area contributed by atoms with E-state index in [4.69, 9.17) is 68.3 Å². The number of halogens is 2. The van der Waals surface area contributed by atoms with Gasteiger partial charge in [0.2, 0.25) is 0 Å². The Morgan fingerprint density at radius 2 is 1.57 bits per heavy atom. The number of carboxylic acid groups (broad SMARTS) is 2. The second kappa shape index (κ2) is 18.3. The van der Waals surface area contributed by atoms with Crippen LogP contribution in [0.5, 0.6) is 0 Å². The van der Waals surface area contributed by atoms with Crippen LogP contribution in [-0.2, 0) is 38.1 Å². The number of ether oxygens (including phenoxy) is 4. The van der Waals surface area contributed by atoms with E-state index in [1.54, 1.807) is 32.0 Å². The summed E-state index contributed by atoms with van der Waals surface area (Å²) in [5.41, 5.74) is 7.27. The van der Waals surface area contributed by atoms with Crippen molar-refractivity contribution in [3.05, 3.63) is 56.3 Å². The minimum atomic E-state index is -2.27. The normalized spacial score (nSPS) is 16.0. The Morgan fingerprint density at radius 3 is 2.10 bits per heavy atom. The van der Waals surface area contributed by atoms with Gasteiger partial charge in [-0.3, -0.25) is 0 Å². The number of esters is 2. The molecule has 1 aromatic rings. The molecule has 0 saturated carbocycles. The van der Waals surface area contributed by atoms with Crippen LogP contribution in [0.1, 0.15) is 25.3 Å². The average Bonchev–Trinajstić information content (AvgIpc) is 2.95. The van der Waals surface area contributed by atoms with E-state index >= 15 is 0 Å². The molecular formula is C26H34Cl2N2O12. The number of carboxylic acids is 2. The number of rotatable bonds is 14. The number of aliphatic hydroxyl groups is 2. The molecule has 7 N–H and O–H groups in total. The first kappa shape index (κ1) is 36.8. The third kappa shape index (κ3) is 10.2. The van der Waals surface area contributed by atoms with Crippen LogP contribution in [0.3, 0.4) is 0 Å². The second-order valence-corrected chi connectivity index (χ2v) is 9.15. The number of carbonyl (C=O) groups is 4. The van der Waals surface area contributed by atoms with Crippen LogP contribution in [-0.4, -0.2) is 103 Å². The van der Waals surface area contributed by atoms with Gasteiger partial charge < -0.3 is 50.4 Å². The number of aliphatic carboxylic acids is 2. The molecule has 0 bridgehead atoms. The van der Waals surface area contributed by atoms with Gasteiger partial charge in [-0.15, -0.1) is 0 Å². The number of methoxy groups -OCH3 is 1. The van der Waals surface area contributed by atoms with Crippen molar-refractivity contribution in [3.8, 4) is 0 Å². The van der Waals surface area contributed by atoms with Crippen molar-refractivity contribution in [2.24, 2.45) is 5.73 Å². The Bertz CT molecular complexity index is 1170. The fourth-order valence-corrected chi connectivity index (χ4v) is 4.06. The van der Waals surface area contributed by atoms with E-state index in [1.165, 1.54) is 7.11 Å². The summed E-state index contributed by atoms with van der Waals surface area (Å²) in [6, 6.07) is 5.03. The van der Waals surface area contributed by atoms with Gasteiger partial charge in [-0.1, -0.05) is 35.3 Å². The molecule has 1 aliphatic rings. The van der Waals surface area contributed by atoms with Crippen LogP contribution in [0.2, 0.25) is 10.0 Å². The predicted octanol–water partition coefficient (Wildman–Crippen LogP) is 0.814. The van der Waals surface area contributed by atoms with E-state index in [0.29, 0.717) is 41.7 Å². The third-order valence-corrected chi connectivity index (χ3v) is 6.36. The van der Waals surface area contributed by atoms with Gasteiger partial charge in [0, 0.05) is 12.2 Å². The van der Waals surface area contributed by atoms with E-state index in [9.17, 15) is 19.2 Å². The molecule has 42 heavy (non-hydrogen) atoms. The van der Waals surface area contributed by atoms with Gasteiger partial charge in [0.25, 0.3) is 0 Å². The van der Waals surface area contributed by atoms with Gasteiger partial charge in [-0.2, -0.15) is 0 Å². The first-order valence-electron chi connectivity index (χ1n) is 12.4. The minimum Gasteiger partial charge on any atom is -0.479 e. The fraction of sp³-hybridized carbons (Fsp3) is 0.462. The molecule has 0 aromatic heterocycles. The van der Waals surface area contributed by atoms with Crippen LogP contribution in [0.15, 0.2) is 40.7 Å². The lowest BCUT2D eigenvalue weighted by Gasteiger charge is -2.31. The number of aliphatic hydroxyl groups excluding tert-OH is 2. The zero-order valence-electron chi connectivity index (χ0n) is 23.1. The maximum atomic E-state index is 13.1. The Labute approximate surface area is 251 Å². The molecule has 1 heterocycles. The van der Waals surface area contributed by atoms with Crippen molar-refractivity contribution in [3.63, 3.8) is 0 Å². The summed E-state index contributed by atoms with van der Waals surface area (Å²) in [7, 11) is 1.27. The zero-order chi connectivity index (χ0) is 32.0. The van der Waals surface area contributed by atoms with Crippen molar-refractivity contribution >= 4 is 47.1 Å². The van der Waals surface area contributed by atoms with Gasteiger partial charge in [-0.25, -0.2) is 19.2 Å². The summed E-state index contributed by atoms with van der Waals surface area (Å²) in [5.74, 6) is -5.60. The second-order valence-electron chi connectivity index (χ2n) is 8.36. The van der Waals surface area contributed by atoms with Crippen molar-refractivity contribution in [2.75, 3.05) is 46.7 Å². The Kier molecular flexibility index (Phi) is 16.1. The van der Waals surface area contributed by atoms with Gasteiger partial charge >= 0.3 is 23.9 Å². The van der Waals surface area contributed by atoms with Crippen molar-refractivity contribution in [1.82, 2.24) is 5.32 Å². The fourth-order valence-electron chi connectivity index (χ4n) is 3.64. The first-order chi connectivity index (χ1) is 19.8. The monoisotopic (exact) mass is 636 g/mol. The molecule has 16 heteroatoms. The maximum absolute atomic E-state index is 13.1. The molecule has 3 unspecified atom stereocenters. The largest absolute Gasteiger partial charge is 0.479 e. The van der Waals surface area contributed by atoms with Crippen LogP contribution in [0, 0.1) is 0 Å². The molecule has 0 spiro atoms. The number of nitrogens with one attached hydrogen (secondary N) is 1. The third-order valence-electron chi connectivity index (χ3n) is 5.52. The molecule has 3 atom stereocenters. The summed E-state index contributed by atoms with van der Waals surface area (Å²) in [4.78, 5) is 45.3. The number of hydrogen-bond acceptors (Lipinski definition) is 12. The summed E-state index contributed by atoms with van der Waals surface area (Å²) >= 11 is 12.7. The Morgan fingerprint density at radius 1 is 0.976 bits per heavy atom. The summed E-state index contributed by atoms with van der Waals surface area (Å²) in [6.45, 7) is 5.10. The number of carbonyl (C=O) groups excluding carboxylic acids is 2. The van der Waals surface area contributed by atoms with E-state index in [-0.39, 0.29) is 36.0 Å².